The molecule has 3 rings (SSSR count). The van der Waals surface area contributed by atoms with Crippen LogP contribution in [0.1, 0.15) is 48.0 Å². The standard InChI is InChI=1S/C17H23NO/c1-13-4-2-3-5-16(13)17(19)10-11-18(15-8-9-15)12-14-6-7-14/h2-5,14-15H,6-12H2,1H3. The van der Waals surface area contributed by atoms with Crippen molar-refractivity contribution in [3.05, 3.63) is 35.4 Å². The van der Waals surface area contributed by atoms with Crippen LogP contribution >= 0.6 is 0 Å². The van der Waals surface area contributed by atoms with E-state index in [1.165, 1.54) is 32.2 Å². The summed E-state index contributed by atoms with van der Waals surface area (Å²) in [6.45, 7) is 4.20. The maximum absolute atomic E-state index is 12.3. The van der Waals surface area contributed by atoms with Crippen LogP contribution in [0, 0.1) is 12.8 Å². The molecule has 0 N–H and O–H groups in total. The molecular weight excluding hydrogens is 234 g/mol. The highest BCUT2D eigenvalue weighted by molar-refractivity contribution is 5.97. The molecule has 0 heterocycles. The summed E-state index contributed by atoms with van der Waals surface area (Å²) in [4.78, 5) is 14.9. The van der Waals surface area contributed by atoms with Gasteiger partial charge in [0.15, 0.2) is 5.78 Å². The number of nitrogens with zero attached hydrogens (tertiary/aromatic N) is 1. The summed E-state index contributed by atoms with van der Waals surface area (Å²) in [6, 6.07) is 8.72. The Morgan fingerprint density at radius 1 is 1.21 bits per heavy atom. The number of carbonyl (C=O) groups is 1. The van der Waals surface area contributed by atoms with Gasteiger partial charge < -0.3 is 0 Å². The molecule has 0 bridgehead atoms. The number of benzene rings is 1. The Morgan fingerprint density at radius 3 is 2.58 bits per heavy atom. The molecule has 0 saturated heterocycles. The van der Waals surface area contributed by atoms with Gasteiger partial charge in [-0.25, -0.2) is 0 Å². The molecule has 2 aliphatic rings. The average Bonchev–Trinajstić information content (AvgIpc) is 3.27. The molecule has 2 saturated carbocycles. The average molecular weight is 257 g/mol. The molecule has 19 heavy (non-hydrogen) atoms. The van der Waals surface area contributed by atoms with Crippen molar-refractivity contribution in [2.45, 2.75) is 45.1 Å². The number of carbonyl (C=O) groups excluding carboxylic acids is 1. The quantitative estimate of drug-likeness (QED) is 0.697. The van der Waals surface area contributed by atoms with E-state index >= 15 is 0 Å². The first kappa shape index (κ1) is 12.9. The predicted molar refractivity (Wildman–Crippen MR) is 77.4 cm³/mol. The smallest absolute Gasteiger partial charge is 0.164 e. The summed E-state index contributed by atoms with van der Waals surface area (Å²) in [7, 11) is 0. The van der Waals surface area contributed by atoms with Gasteiger partial charge >= 0.3 is 0 Å². The van der Waals surface area contributed by atoms with E-state index in [0.717, 1.165) is 29.6 Å². The van der Waals surface area contributed by atoms with Crippen LogP contribution in [-0.4, -0.2) is 29.8 Å². The number of ketones is 1. The molecule has 0 unspecified atom stereocenters. The maximum Gasteiger partial charge on any atom is 0.164 e. The number of hydrogen-bond acceptors (Lipinski definition) is 2. The van der Waals surface area contributed by atoms with E-state index in [1.54, 1.807) is 0 Å². The van der Waals surface area contributed by atoms with Crippen molar-refractivity contribution in [3.63, 3.8) is 0 Å². The number of hydrogen-bond donors (Lipinski definition) is 0. The lowest BCUT2D eigenvalue weighted by molar-refractivity contribution is 0.0960. The third-order valence-corrected chi connectivity index (χ3v) is 4.32. The van der Waals surface area contributed by atoms with E-state index in [0.29, 0.717) is 12.2 Å². The summed E-state index contributed by atoms with van der Waals surface area (Å²) >= 11 is 0. The number of aryl methyl sites for hydroxylation is 1. The highest BCUT2D eigenvalue weighted by atomic mass is 16.1. The van der Waals surface area contributed by atoms with Gasteiger partial charge in [-0.3, -0.25) is 9.69 Å². The van der Waals surface area contributed by atoms with Crippen molar-refractivity contribution in [2.75, 3.05) is 13.1 Å². The topological polar surface area (TPSA) is 20.3 Å². The molecule has 2 heteroatoms. The molecule has 2 aliphatic carbocycles. The Balaban J connectivity index is 1.55. The van der Waals surface area contributed by atoms with Gasteiger partial charge in [-0.15, -0.1) is 0 Å². The van der Waals surface area contributed by atoms with Crippen LogP contribution in [0.3, 0.4) is 0 Å². The highest BCUT2D eigenvalue weighted by Crippen LogP contribution is 2.34. The second-order valence-electron chi connectivity index (χ2n) is 6.16. The summed E-state index contributed by atoms with van der Waals surface area (Å²) in [5, 5.41) is 0. The van der Waals surface area contributed by atoms with Crippen LogP contribution in [0.4, 0.5) is 0 Å². The molecule has 1 aromatic rings. The Labute approximate surface area is 115 Å². The lowest BCUT2D eigenvalue weighted by Gasteiger charge is -2.21. The van der Waals surface area contributed by atoms with Crippen LogP contribution < -0.4 is 0 Å². The van der Waals surface area contributed by atoms with E-state index in [4.69, 9.17) is 0 Å². The van der Waals surface area contributed by atoms with Gasteiger partial charge in [0.05, 0.1) is 0 Å². The molecule has 0 aromatic heterocycles. The van der Waals surface area contributed by atoms with Crippen LogP contribution in [-0.2, 0) is 0 Å². The normalized spacial score (nSPS) is 18.8. The Kier molecular flexibility index (Phi) is 3.69. The van der Waals surface area contributed by atoms with Crippen molar-refractivity contribution in [3.8, 4) is 0 Å². The molecule has 2 nitrogen and oxygen atoms in total. The van der Waals surface area contributed by atoms with Crippen LogP contribution in [0.25, 0.3) is 0 Å². The van der Waals surface area contributed by atoms with Crippen molar-refractivity contribution < 1.29 is 4.79 Å². The summed E-state index contributed by atoms with van der Waals surface area (Å²) in [5.41, 5.74) is 2.01. The van der Waals surface area contributed by atoms with Gasteiger partial charge in [0.25, 0.3) is 0 Å². The van der Waals surface area contributed by atoms with Gasteiger partial charge in [0.2, 0.25) is 0 Å². The lowest BCUT2D eigenvalue weighted by atomic mass is 10.0. The molecule has 2 fully saturated rings. The van der Waals surface area contributed by atoms with Crippen molar-refractivity contribution in [1.29, 1.82) is 0 Å². The second kappa shape index (κ2) is 5.46. The van der Waals surface area contributed by atoms with Gasteiger partial charge in [-0.1, -0.05) is 24.3 Å². The second-order valence-corrected chi connectivity index (χ2v) is 6.16. The molecule has 0 atom stereocenters. The maximum atomic E-state index is 12.3. The first-order valence-corrected chi connectivity index (χ1v) is 7.57. The van der Waals surface area contributed by atoms with E-state index < -0.39 is 0 Å². The Hall–Kier alpha value is -1.15. The van der Waals surface area contributed by atoms with Gasteiger partial charge in [0.1, 0.15) is 0 Å². The summed E-state index contributed by atoms with van der Waals surface area (Å²) < 4.78 is 0. The van der Waals surface area contributed by atoms with E-state index in [1.807, 2.05) is 31.2 Å². The SMILES string of the molecule is Cc1ccccc1C(=O)CCN(CC1CC1)C1CC1. The van der Waals surface area contributed by atoms with E-state index in [9.17, 15) is 4.79 Å². The van der Waals surface area contributed by atoms with Crippen LogP contribution in [0.5, 0.6) is 0 Å². The van der Waals surface area contributed by atoms with Crippen molar-refractivity contribution in [1.82, 2.24) is 4.90 Å². The predicted octanol–water partition coefficient (Wildman–Crippen LogP) is 3.44. The summed E-state index contributed by atoms with van der Waals surface area (Å²) in [6.07, 6.45) is 6.15. The van der Waals surface area contributed by atoms with E-state index in [2.05, 4.69) is 4.90 Å². The Morgan fingerprint density at radius 2 is 1.95 bits per heavy atom. The molecule has 1 aromatic carbocycles. The molecule has 102 valence electrons. The molecule has 0 amide bonds. The van der Waals surface area contributed by atoms with Gasteiger partial charge in [-0.05, 0) is 44.1 Å². The number of Topliss-reactive ketones (excluding diaryl/α,β-unsaturated/α-hetero) is 1. The zero-order chi connectivity index (χ0) is 13.2. The fourth-order valence-corrected chi connectivity index (χ4v) is 2.76. The molecule has 0 radical (unpaired) electrons. The molecular formula is C17H23NO. The summed E-state index contributed by atoms with van der Waals surface area (Å²) in [5.74, 6) is 1.23. The minimum atomic E-state index is 0.305. The first-order valence-electron chi connectivity index (χ1n) is 7.57. The van der Waals surface area contributed by atoms with Gasteiger partial charge in [-0.2, -0.15) is 0 Å². The van der Waals surface area contributed by atoms with Crippen LogP contribution in [0.2, 0.25) is 0 Å². The minimum Gasteiger partial charge on any atom is -0.300 e. The van der Waals surface area contributed by atoms with Gasteiger partial charge in [0, 0.05) is 31.1 Å². The van der Waals surface area contributed by atoms with E-state index in [-0.39, 0.29) is 0 Å². The first-order chi connectivity index (χ1) is 9.24. The Bertz CT molecular complexity index is 460. The largest absolute Gasteiger partial charge is 0.300 e. The highest BCUT2D eigenvalue weighted by Gasteiger charge is 2.33. The third kappa shape index (κ3) is 3.44. The fraction of sp³-hybridized carbons (Fsp3) is 0.588. The fourth-order valence-electron chi connectivity index (χ4n) is 2.76. The van der Waals surface area contributed by atoms with Crippen molar-refractivity contribution in [2.24, 2.45) is 5.92 Å². The lowest BCUT2D eigenvalue weighted by Crippen LogP contribution is -2.30. The minimum absolute atomic E-state index is 0.305. The monoisotopic (exact) mass is 257 g/mol. The van der Waals surface area contributed by atoms with Crippen LogP contribution in [0.15, 0.2) is 24.3 Å². The molecule has 0 aliphatic heterocycles. The zero-order valence-electron chi connectivity index (χ0n) is 11.8. The third-order valence-electron chi connectivity index (χ3n) is 4.32. The zero-order valence-corrected chi connectivity index (χ0v) is 11.8. The molecule has 0 spiro atoms. The van der Waals surface area contributed by atoms with Crippen molar-refractivity contribution >= 4 is 5.78 Å². The number of rotatable bonds is 7.